The molecule has 2 heterocycles. The Morgan fingerprint density at radius 2 is 1.85 bits per heavy atom. The number of benzene rings is 2. The van der Waals surface area contributed by atoms with Gasteiger partial charge in [0, 0.05) is 37.1 Å². The van der Waals surface area contributed by atoms with Gasteiger partial charge in [0.15, 0.2) is 0 Å². The van der Waals surface area contributed by atoms with Crippen molar-refractivity contribution in [3.8, 4) is 0 Å². The van der Waals surface area contributed by atoms with Crippen LogP contribution in [0.25, 0.3) is 10.2 Å². The smallest absolute Gasteiger partial charge is 0.307 e. The number of hydrogen-bond acceptors (Lipinski definition) is 5. The van der Waals surface area contributed by atoms with Crippen LogP contribution in [-0.2, 0) is 11.8 Å². The van der Waals surface area contributed by atoms with Gasteiger partial charge >= 0.3 is 4.87 Å². The van der Waals surface area contributed by atoms with E-state index in [2.05, 4.69) is 10.2 Å². The first-order valence-corrected chi connectivity index (χ1v) is 9.27. The summed E-state index contributed by atoms with van der Waals surface area (Å²) in [5.74, 6) is -0.166. The fourth-order valence-electron chi connectivity index (χ4n) is 3.06. The van der Waals surface area contributed by atoms with Gasteiger partial charge in [0.25, 0.3) is 5.91 Å². The van der Waals surface area contributed by atoms with E-state index in [0.29, 0.717) is 11.3 Å². The van der Waals surface area contributed by atoms with Crippen molar-refractivity contribution in [2.24, 2.45) is 7.05 Å². The van der Waals surface area contributed by atoms with Crippen LogP contribution in [0.15, 0.2) is 47.3 Å². The molecule has 7 heteroatoms. The number of nitrogens with one attached hydrogen (secondary N) is 1. The normalized spacial score (nSPS) is 14.6. The molecule has 1 aliphatic rings. The maximum Gasteiger partial charge on any atom is 0.307 e. The fraction of sp³-hybridized carbons (Fsp3) is 0.263. The zero-order chi connectivity index (χ0) is 18.1. The van der Waals surface area contributed by atoms with Crippen LogP contribution in [0.4, 0.5) is 11.4 Å². The number of carbonyl (C=O) groups is 1. The van der Waals surface area contributed by atoms with Crippen molar-refractivity contribution in [2.45, 2.75) is 0 Å². The number of rotatable bonds is 3. The van der Waals surface area contributed by atoms with Crippen LogP contribution in [0.2, 0.25) is 0 Å². The van der Waals surface area contributed by atoms with Gasteiger partial charge in [-0.3, -0.25) is 9.59 Å². The lowest BCUT2D eigenvalue weighted by Crippen LogP contribution is -2.36. The summed E-state index contributed by atoms with van der Waals surface area (Å²) in [6, 6.07) is 13.1. The van der Waals surface area contributed by atoms with Gasteiger partial charge in [-0.2, -0.15) is 0 Å². The van der Waals surface area contributed by atoms with Gasteiger partial charge in [-0.05, 0) is 42.5 Å². The highest BCUT2D eigenvalue weighted by atomic mass is 32.1. The number of fused-ring (bicyclic) bond motifs is 1. The summed E-state index contributed by atoms with van der Waals surface area (Å²) in [6.07, 6.45) is 0. The first kappa shape index (κ1) is 16.8. The van der Waals surface area contributed by atoms with Crippen molar-refractivity contribution in [1.82, 2.24) is 4.57 Å². The molecule has 4 rings (SSSR count). The highest BCUT2D eigenvalue weighted by molar-refractivity contribution is 7.16. The number of hydrogen-bond donors (Lipinski definition) is 1. The Labute approximate surface area is 154 Å². The molecule has 0 aliphatic carbocycles. The van der Waals surface area contributed by atoms with Crippen LogP contribution in [-0.4, -0.2) is 36.8 Å². The Kier molecular flexibility index (Phi) is 4.48. The monoisotopic (exact) mass is 369 g/mol. The van der Waals surface area contributed by atoms with Gasteiger partial charge < -0.3 is 19.5 Å². The minimum atomic E-state index is -0.166. The first-order chi connectivity index (χ1) is 12.6. The number of aromatic nitrogens is 1. The molecule has 1 aromatic heterocycles. The van der Waals surface area contributed by atoms with Crippen molar-refractivity contribution >= 4 is 38.8 Å². The molecule has 0 saturated carbocycles. The van der Waals surface area contributed by atoms with E-state index >= 15 is 0 Å². The lowest BCUT2D eigenvalue weighted by molar-refractivity contribution is 0.102. The molecule has 1 saturated heterocycles. The van der Waals surface area contributed by atoms with E-state index in [1.165, 1.54) is 11.3 Å². The largest absolute Gasteiger partial charge is 0.378 e. The third-order valence-corrected chi connectivity index (χ3v) is 5.55. The van der Waals surface area contributed by atoms with Crippen LogP contribution >= 0.6 is 11.3 Å². The molecule has 3 aromatic rings. The molecule has 0 unspecified atom stereocenters. The number of aryl methyl sites for hydroxylation is 1. The van der Waals surface area contributed by atoms with E-state index in [9.17, 15) is 9.59 Å². The molecule has 2 aromatic carbocycles. The predicted octanol–water partition coefficient (Wildman–Crippen LogP) is 2.69. The number of carbonyl (C=O) groups excluding carboxylic acids is 1. The van der Waals surface area contributed by atoms with Gasteiger partial charge in [0.05, 0.1) is 23.4 Å². The number of anilines is 2. The summed E-state index contributed by atoms with van der Waals surface area (Å²) in [4.78, 5) is 26.5. The molecule has 6 nitrogen and oxygen atoms in total. The van der Waals surface area contributed by atoms with Crippen molar-refractivity contribution in [3.63, 3.8) is 0 Å². The third-order valence-electron chi connectivity index (χ3n) is 4.56. The van der Waals surface area contributed by atoms with Crippen molar-refractivity contribution < 1.29 is 9.53 Å². The zero-order valence-corrected chi connectivity index (χ0v) is 15.2. The average Bonchev–Trinajstić information content (AvgIpc) is 2.96. The van der Waals surface area contributed by atoms with Gasteiger partial charge in [0.1, 0.15) is 0 Å². The summed E-state index contributed by atoms with van der Waals surface area (Å²) in [5, 5.41) is 2.90. The molecule has 134 valence electrons. The summed E-state index contributed by atoms with van der Waals surface area (Å²) in [5.41, 5.74) is 3.25. The van der Waals surface area contributed by atoms with Crippen molar-refractivity contribution in [1.29, 1.82) is 0 Å². The second-order valence-electron chi connectivity index (χ2n) is 6.21. The Bertz CT molecular complexity index is 1000. The molecule has 0 atom stereocenters. The topological polar surface area (TPSA) is 63.6 Å². The standard InChI is InChI=1S/C19H19N3O3S/c1-21-16-7-4-14(12-17(16)26-19(21)24)20-18(23)13-2-5-15(6-3-13)22-8-10-25-11-9-22/h2-7,12H,8-11H2,1H3,(H,20,23). The lowest BCUT2D eigenvalue weighted by atomic mass is 10.1. The van der Waals surface area contributed by atoms with Gasteiger partial charge in [-0.1, -0.05) is 11.3 Å². The highest BCUT2D eigenvalue weighted by Crippen LogP contribution is 2.22. The number of ether oxygens (including phenoxy) is 1. The molecule has 0 radical (unpaired) electrons. The number of morpholine rings is 1. The Hall–Kier alpha value is -2.64. The van der Waals surface area contributed by atoms with Gasteiger partial charge in [-0.25, -0.2) is 0 Å². The molecule has 1 amide bonds. The summed E-state index contributed by atoms with van der Waals surface area (Å²) in [7, 11) is 1.75. The Balaban J connectivity index is 1.50. The SMILES string of the molecule is Cn1c(=O)sc2cc(NC(=O)c3ccc(N4CCOCC4)cc3)ccc21. The lowest BCUT2D eigenvalue weighted by Gasteiger charge is -2.28. The summed E-state index contributed by atoms with van der Waals surface area (Å²) in [6.45, 7) is 3.20. The third kappa shape index (κ3) is 3.23. The second-order valence-corrected chi connectivity index (χ2v) is 7.20. The van der Waals surface area contributed by atoms with Crippen molar-refractivity contribution in [2.75, 3.05) is 36.5 Å². The molecule has 1 aliphatic heterocycles. The average molecular weight is 369 g/mol. The van der Waals surface area contributed by atoms with Crippen molar-refractivity contribution in [3.05, 3.63) is 57.7 Å². The minimum Gasteiger partial charge on any atom is -0.378 e. The maximum absolute atomic E-state index is 12.5. The van der Waals surface area contributed by atoms with E-state index in [0.717, 1.165) is 42.2 Å². The van der Waals surface area contributed by atoms with Crippen LogP contribution in [0.5, 0.6) is 0 Å². The van der Waals surface area contributed by atoms with E-state index in [1.54, 1.807) is 11.6 Å². The quantitative estimate of drug-likeness (QED) is 0.771. The molecule has 0 spiro atoms. The molecule has 26 heavy (non-hydrogen) atoms. The van der Waals surface area contributed by atoms with Gasteiger partial charge in [0.2, 0.25) is 0 Å². The second kappa shape index (κ2) is 6.93. The Morgan fingerprint density at radius 1 is 1.12 bits per heavy atom. The van der Waals surface area contributed by atoms with Crippen LogP contribution in [0.3, 0.4) is 0 Å². The minimum absolute atomic E-state index is 0.0119. The Morgan fingerprint density at radius 3 is 2.58 bits per heavy atom. The molecular weight excluding hydrogens is 350 g/mol. The highest BCUT2D eigenvalue weighted by Gasteiger charge is 2.13. The number of amides is 1. The summed E-state index contributed by atoms with van der Waals surface area (Å²) >= 11 is 1.17. The summed E-state index contributed by atoms with van der Waals surface area (Å²) < 4.78 is 7.83. The maximum atomic E-state index is 12.5. The van der Waals surface area contributed by atoms with Crippen LogP contribution < -0.4 is 15.1 Å². The van der Waals surface area contributed by atoms with E-state index < -0.39 is 0 Å². The van der Waals surface area contributed by atoms with E-state index in [4.69, 9.17) is 4.74 Å². The molecule has 1 fully saturated rings. The zero-order valence-electron chi connectivity index (χ0n) is 14.4. The predicted molar refractivity (Wildman–Crippen MR) is 104 cm³/mol. The van der Waals surface area contributed by atoms with E-state index in [-0.39, 0.29) is 10.8 Å². The molecule has 0 bridgehead atoms. The van der Waals surface area contributed by atoms with E-state index in [1.807, 2.05) is 42.5 Å². The number of thiazole rings is 1. The first-order valence-electron chi connectivity index (χ1n) is 8.45. The molecule has 1 N–H and O–H groups in total. The number of nitrogens with zero attached hydrogens (tertiary/aromatic N) is 2. The van der Waals surface area contributed by atoms with Crippen LogP contribution in [0.1, 0.15) is 10.4 Å². The van der Waals surface area contributed by atoms with Crippen LogP contribution in [0, 0.1) is 0 Å². The molecular formula is C19H19N3O3S. The fourth-order valence-corrected chi connectivity index (χ4v) is 3.98. The van der Waals surface area contributed by atoms with Gasteiger partial charge in [-0.15, -0.1) is 0 Å².